The molecule has 1 heterocycles. The molecule has 0 unspecified atom stereocenters. The standard InChI is InChI=1S/C16H17ClN4O2S/c1-10(2)15-18-16(21(3)19-15)20-24(22,23)14-9-8-13(17)11-6-4-5-7-12(11)14/h4-10H,1-3H3,(H,18,19,20). The molecule has 0 radical (unpaired) electrons. The second kappa shape index (κ2) is 6.07. The lowest BCUT2D eigenvalue weighted by molar-refractivity contribution is 0.601. The highest BCUT2D eigenvalue weighted by Crippen LogP contribution is 2.30. The van der Waals surface area contributed by atoms with Gasteiger partial charge in [-0.1, -0.05) is 49.7 Å². The van der Waals surface area contributed by atoms with E-state index in [-0.39, 0.29) is 16.8 Å². The number of hydrogen-bond donors (Lipinski definition) is 1. The van der Waals surface area contributed by atoms with E-state index in [1.54, 1.807) is 31.3 Å². The van der Waals surface area contributed by atoms with Gasteiger partial charge in [0.25, 0.3) is 10.0 Å². The molecule has 2 aromatic carbocycles. The van der Waals surface area contributed by atoms with Gasteiger partial charge in [0.05, 0.1) is 4.90 Å². The summed E-state index contributed by atoms with van der Waals surface area (Å²) in [7, 11) is -2.17. The number of anilines is 1. The molecule has 0 aliphatic rings. The van der Waals surface area contributed by atoms with E-state index in [4.69, 9.17) is 11.6 Å². The Labute approximate surface area is 145 Å². The maximum absolute atomic E-state index is 12.8. The first-order valence-electron chi connectivity index (χ1n) is 7.40. The van der Waals surface area contributed by atoms with Crippen LogP contribution in [0.15, 0.2) is 41.3 Å². The number of sulfonamides is 1. The van der Waals surface area contributed by atoms with Crippen LogP contribution in [-0.2, 0) is 17.1 Å². The van der Waals surface area contributed by atoms with Gasteiger partial charge in [0.2, 0.25) is 5.95 Å². The molecule has 0 fully saturated rings. The Hall–Kier alpha value is -2.12. The van der Waals surface area contributed by atoms with Crippen molar-refractivity contribution in [2.75, 3.05) is 4.72 Å². The number of fused-ring (bicyclic) bond motifs is 1. The first-order valence-corrected chi connectivity index (χ1v) is 9.26. The lowest BCUT2D eigenvalue weighted by atomic mass is 10.1. The normalized spacial score (nSPS) is 12.0. The summed E-state index contributed by atoms with van der Waals surface area (Å²) in [5.74, 6) is 0.861. The largest absolute Gasteiger partial charge is 0.264 e. The fourth-order valence-corrected chi connectivity index (χ4v) is 3.85. The summed E-state index contributed by atoms with van der Waals surface area (Å²) in [4.78, 5) is 4.40. The number of nitrogens with zero attached hydrogens (tertiary/aromatic N) is 3. The fourth-order valence-electron chi connectivity index (χ4n) is 2.38. The van der Waals surface area contributed by atoms with Crippen LogP contribution in [0.5, 0.6) is 0 Å². The molecular formula is C16H17ClN4O2S. The minimum Gasteiger partial charge on any atom is -0.247 e. The van der Waals surface area contributed by atoms with Crippen molar-refractivity contribution >= 4 is 38.3 Å². The third-order valence-corrected chi connectivity index (χ3v) is 5.36. The van der Waals surface area contributed by atoms with Crippen LogP contribution in [0, 0.1) is 0 Å². The highest BCUT2D eigenvalue weighted by atomic mass is 35.5. The first-order chi connectivity index (χ1) is 11.3. The predicted octanol–water partition coefficient (Wildman–Crippen LogP) is 3.55. The summed E-state index contributed by atoms with van der Waals surface area (Å²) in [6, 6.07) is 10.2. The van der Waals surface area contributed by atoms with Crippen LogP contribution >= 0.6 is 11.6 Å². The quantitative estimate of drug-likeness (QED) is 0.768. The molecule has 24 heavy (non-hydrogen) atoms. The Morgan fingerprint density at radius 3 is 2.42 bits per heavy atom. The molecule has 3 aromatic rings. The molecule has 0 saturated carbocycles. The van der Waals surface area contributed by atoms with Gasteiger partial charge < -0.3 is 0 Å². The van der Waals surface area contributed by atoms with Crippen LogP contribution in [-0.4, -0.2) is 23.2 Å². The summed E-state index contributed by atoms with van der Waals surface area (Å²) in [5, 5.41) is 5.97. The van der Waals surface area contributed by atoms with Crippen molar-refractivity contribution < 1.29 is 8.42 Å². The summed E-state index contributed by atoms with van der Waals surface area (Å²) < 4.78 is 29.6. The summed E-state index contributed by atoms with van der Waals surface area (Å²) in [5.41, 5.74) is 0. The molecule has 0 spiro atoms. The van der Waals surface area contributed by atoms with E-state index in [0.29, 0.717) is 21.6 Å². The zero-order valence-corrected chi connectivity index (χ0v) is 15.1. The van der Waals surface area contributed by atoms with Crippen LogP contribution in [0.1, 0.15) is 25.6 Å². The zero-order chi connectivity index (χ0) is 17.5. The van der Waals surface area contributed by atoms with E-state index in [2.05, 4.69) is 14.8 Å². The van der Waals surface area contributed by atoms with Crippen LogP contribution in [0.3, 0.4) is 0 Å². The van der Waals surface area contributed by atoms with Gasteiger partial charge in [-0.3, -0.25) is 0 Å². The minimum absolute atomic E-state index is 0.103. The van der Waals surface area contributed by atoms with Gasteiger partial charge in [-0.2, -0.15) is 10.1 Å². The van der Waals surface area contributed by atoms with Gasteiger partial charge in [-0.15, -0.1) is 0 Å². The lowest BCUT2D eigenvalue weighted by Crippen LogP contribution is -2.16. The fraction of sp³-hybridized carbons (Fsp3) is 0.250. The van der Waals surface area contributed by atoms with Crippen molar-refractivity contribution in [1.82, 2.24) is 14.8 Å². The smallest absolute Gasteiger partial charge is 0.247 e. The predicted molar refractivity (Wildman–Crippen MR) is 94.9 cm³/mol. The molecule has 0 bridgehead atoms. The van der Waals surface area contributed by atoms with E-state index in [1.165, 1.54) is 10.7 Å². The number of nitrogens with one attached hydrogen (secondary N) is 1. The van der Waals surface area contributed by atoms with E-state index in [0.717, 1.165) is 0 Å². The van der Waals surface area contributed by atoms with Crippen molar-refractivity contribution in [3.05, 3.63) is 47.2 Å². The number of hydrogen-bond acceptors (Lipinski definition) is 4. The molecule has 0 aliphatic heterocycles. The third kappa shape index (κ3) is 2.97. The van der Waals surface area contributed by atoms with E-state index in [9.17, 15) is 8.42 Å². The van der Waals surface area contributed by atoms with Gasteiger partial charge in [-0.25, -0.2) is 17.8 Å². The first kappa shape index (κ1) is 16.7. The Kier molecular flexibility index (Phi) is 4.23. The van der Waals surface area contributed by atoms with E-state index < -0.39 is 10.0 Å². The summed E-state index contributed by atoms with van der Waals surface area (Å²) in [6.07, 6.45) is 0. The second-order valence-corrected chi connectivity index (χ2v) is 7.83. The molecule has 1 aromatic heterocycles. The molecule has 1 N–H and O–H groups in total. The van der Waals surface area contributed by atoms with Crippen molar-refractivity contribution in [3.8, 4) is 0 Å². The highest BCUT2D eigenvalue weighted by Gasteiger charge is 2.21. The van der Waals surface area contributed by atoms with Gasteiger partial charge in [0.1, 0.15) is 0 Å². The third-order valence-electron chi connectivity index (χ3n) is 3.64. The molecule has 8 heteroatoms. The highest BCUT2D eigenvalue weighted by molar-refractivity contribution is 7.93. The maximum atomic E-state index is 12.8. The van der Waals surface area contributed by atoms with Crippen LogP contribution in [0.2, 0.25) is 5.02 Å². The molecular weight excluding hydrogens is 348 g/mol. The van der Waals surface area contributed by atoms with Gasteiger partial charge >= 0.3 is 0 Å². The maximum Gasteiger partial charge on any atom is 0.264 e. The van der Waals surface area contributed by atoms with Gasteiger partial charge in [0.15, 0.2) is 5.82 Å². The molecule has 3 rings (SSSR count). The Morgan fingerprint density at radius 2 is 1.79 bits per heavy atom. The van der Waals surface area contributed by atoms with Crippen LogP contribution in [0.4, 0.5) is 5.95 Å². The minimum atomic E-state index is -3.82. The zero-order valence-electron chi connectivity index (χ0n) is 13.5. The van der Waals surface area contributed by atoms with Gasteiger partial charge in [-0.05, 0) is 12.1 Å². The SMILES string of the molecule is CC(C)c1nc(NS(=O)(=O)c2ccc(Cl)c3ccccc23)n(C)n1. The number of rotatable bonds is 4. The van der Waals surface area contributed by atoms with Crippen molar-refractivity contribution in [1.29, 1.82) is 0 Å². The molecule has 0 atom stereocenters. The number of aryl methyl sites for hydroxylation is 1. The lowest BCUT2D eigenvalue weighted by Gasteiger charge is -2.10. The van der Waals surface area contributed by atoms with Crippen molar-refractivity contribution in [3.63, 3.8) is 0 Å². The topological polar surface area (TPSA) is 76.9 Å². The Bertz CT molecular complexity index is 1010. The number of benzene rings is 2. The average Bonchev–Trinajstić information content (AvgIpc) is 2.88. The molecule has 0 aliphatic carbocycles. The van der Waals surface area contributed by atoms with E-state index in [1.807, 2.05) is 19.9 Å². The molecule has 0 saturated heterocycles. The summed E-state index contributed by atoms with van der Waals surface area (Å²) >= 11 is 6.16. The van der Waals surface area contributed by atoms with Crippen LogP contribution in [0.25, 0.3) is 10.8 Å². The summed E-state index contributed by atoms with van der Waals surface area (Å²) in [6.45, 7) is 3.89. The van der Waals surface area contributed by atoms with Crippen molar-refractivity contribution in [2.24, 2.45) is 7.05 Å². The number of halogens is 1. The van der Waals surface area contributed by atoms with Crippen molar-refractivity contribution in [2.45, 2.75) is 24.7 Å². The average molecular weight is 365 g/mol. The monoisotopic (exact) mass is 364 g/mol. The molecule has 0 amide bonds. The Balaban J connectivity index is 2.08. The molecule has 126 valence electrons. The van der Waals surface area contributed by atoms with Gasteiger partial charge in [0, 0.05) is 28.8 Å². The Morgan fingerprint density at radius 1 is 1.12 bits per heavy atom. The number of aromatic nitrogens is 3. The second-order valence-electron chi connectivity index (χ2n) is 5.77. The van der Waals surface area contributed by atoms with Crippen LogP contribution < -0.4 is 4.72 Å². The molecule has 6 nitrogen and oxygen atoms in total. The van der Waals surface area contributed by atoms with E-state index >= 15 is 0 Å².